The minimum absolute atomic E-state index is 0. The van der Waals surface area contributed by atoms with Crippen molar-refractivity contribution in [3.63, 3.8) is 0 Å². The van der Waals surface area contributed by atoms with Crippen LogP contribution in [-0.4, -0.2) is 39.8 Å². The van der Waals surface area contributed by atoms with Crippen LogP contribution in [-0.2, 0) is 11.3 Å². The lowest BCUT2D eigenvalue weighted by atomic mass is 10.2. The van der Waals surface area contributed by atoms with Crippen molar-refractivity contribution < 1.29 is 4.79 Å². The van der Waals surface area contributed by atoms with Gasteiger partial charge in [-0.3, -0.25) is 4.79 Å². The number of halogens is 1. The summed E-state index contributed by atoms with van der Waals surface area (Å²) in [6.07, 6.45) is 4.28. The van der Waals surface area contributed by atoms with Gasteiger partial charge in [0.15, 0.2) is 0 Å². The van der Waals surface area contributed by atoms with Crippen molar-refractivity contribution in [1.29, 1.82) is 0 Å². The number of carbonyl (C=O) groups excluding carboxylic acids is 1. The standard InChI is InChI=1S/C16H20N4OS.ClH/c21-16(8-14-12-22-7-6-17-14)18-9-13-10-19-20(11-13)15-4-2-1-3-5-15;/h1-5,10-11,14,17H,6-9,12H2,(H,18,21);1H. The second-order valence-corrected chi connectivity index (χ2v) is 6.49. The van der Waals surface area contributed by atoms with E-state index in [9.17, 15) is 4.79 Å². The number of para-hydroxylation sites is 1. The molecule has 7 heteroatoms. The molecule has 5 nitrogen and oxygen atoms in total. The molecule has 2 heterocycles. The Morgan fingerprint density at radius 2 is 2.22 bits per heavy atom. The second kappa shape index (κ2) is 8.96. The average Bonchev–Trinajstić information content (AvgIpc) is 3.04. The van der Waals surface area contributed by atoms with Crippen LogP contribution in [0.4, 0.5) is 0 Å². The molecule has 0 radical (unpaired) electrons. The van der Waals surface area contributed by atoms with Crippen LogP contribution >= 0.6 is 24.2 Å². The first-order chi connectivity index (χ1) is 10.8. The summed E-state index contributed by atoms with van der Waals surface area (Å²) < 4.78 is 1.82. The van der Waals surface area contributed by atoms with Crippen LogP contribution in [0, 0.1) is 0 Å². The lowest BCUT2D eigenvalue weighted by Gasteiger charge is -2.22. The first-order valence-electron chi connectivity index (χ1n) is 7.48. The molecule has 1 aromatic carbocycles. The van der Waals surface area contributed by atoms with Gasteiger partial charge in [-0.05, 0) is 12.1 Å². The number of thioether (sulfide) groups is 1. The molecule has 23 heavy (non-hydrogen) atoms. The maximum absolute atomic E-state index is 12.0. The van der Waals surface area contributed by atoms with E-state index in [4.69, 9.17) is 0 Å². The molecule has 1 amide bonds. The number of nitrogens with one attached hydrogen (secondary N) is 2. The zero-order chi connectivity index (χ0) is 15.2. The van der Waals surface area contributed by atoms with Gasteiger partial charge in [0.25, 0.3) is 0 Å². The number of benzene rings is 1. The van der Waals surface area contributed by atoms with Crippen molar-refractivity contribution in [3.05, 3.63) is 48.3 Å². The van der Waals surface area contributed by atoms with Gasteiger partial charge in [0.1, 0.15) is 0 Å². The van der Waals surface area contributed by atoms with Crippen molar-refractivity contribution in [2.45, 2.75) is 19.0 Å². The molecule has 0 spiro atoms. The van der Waals surface area contributed by atoms with Gasteiger partial charge in [0.05, 0.1) is 11.9 Å². The third-order valence-electron chi connectivity index (χ3n) is 3.58. The normalized spacial score (nSPS) is 17.3. The van der Waals surface area contributed by atoms with Gasteiger partial charge in [-0.1, -0.05) is 18.2 Å². The molecule has 3 rings (SSSR count). The van der Waals surface area contributed by atoms with E-state index in [1.807, 2.05) is 53.0 Å². The van der Waals surface area contributed by atoms with E-state index in [1.54, 1.807) is 6.20 Å². The van der Waals surface area contributed by atoms with Gasteiger partial charge in [0.2, 0.25) is 5.91 Å². The van der Waals surface area contributed by atoms with E-state index in [2.05, 4.69) is 15.7 Å². The molecule has 124 valence electrons. The maximum Gasteiger partial charge on any atom is 0.221 e. The number of carbonyl (C=O) groups is 1. The summed E-state index contributed by atoms with van der Waals surface area (Å²) in [5.74, 6) is 2.24. The Bertz CT molecular complexity index is 614. The molecule has 0 saturated carbocycles. The zero-order valence-corrected chi connectivity index (χ0v) is 14.4. The van der Waals surface area contributed by atoms with Gasteiger partial charge in [0, 0.05) is 48.8 Å². The summed E-state index contributed by atoms with van der Waals surface area (Å²) in [5, 5.41) is 10.7. The SMILES string of the molecule is Cl.O=C(CC1CSCCN1)NCc1cnn(-c2ccccc2)c1. The van der Waals surface area contributed by atoms with E-state index < -0.39 is 0 Å². The molecular formula is C16H21ClN4OS. The Labute approximate surface area is 146 Å². The molecule has 2 aromatic rings. The van der Waals surface area contributed by atoms with Crippen molar-refractivity contribution in [3.8, 4) is 5.69 Å². The summed E-state index contributed by atoms with van der Waals surface area (Å²) >= 11 is 1.90. The molecule has 0 bridgehead atoms. The minimum atomic E-state index is 0. The maximum atomic E-state index is 12.0. The molecule has 1 fully saturated rings. The molecule has 1 unspecified atom stereocenters. The molecular weight excluding hydrogens is 332 g/mol. The smallest absolute Gasteiger partial charge is 0.221 e. The van der Waals surface area contributed by atoms with Crippen molar-refractivity contribution in [2.75, 3.05) is 18.1 Å². The van der Waals surface area contributed by atoms with Gasteiger partial charge >= 0.3 is 0 Å². The molecule has 1 saturated heterocycles. The molecule has 2 N–H and O–H groups in total. The Morgan fingerprint density at radius 3 is 2.96 bits per heavy atom. The number of aromatic nitrogens is 2. The van der Waals surface area contributed by atoms with Crippen LogP contribution in [0.25, 0.3) is 5.69 Å². The average molecular weight is 353 g/mol. The van der Waals surface area contributed by atoms with Gasteiger partial charge < -0.3 is 10.6 Å². The monoisotopic (exact) mass is 352 g/mol. The first kappa shape index (κ1) is 17.8. The number of rotatable bonds is 5. The highest BCUT2D eigenvalue weighted by atomic mass is 35.5. The fraction of sp³-hybridized carbons (Fsp3) is 0.375. The summed E-state index contributed by atoms with van der Waals surface area (Å²) in [6.45, 7) is 1.51. The van der Waals surface area contributed by atoms with Gasteiger partial charge in [-0.25, -0.2) is 4.68 Å². The van der Waals surface area contributed by atoms with Crippen LogP contribution in [0.1, 0.15) is 12.0 Å². The highest BCUT2D eigenvalue weighted by Gasteiger charge is 2.16. The van der Waals surface area contributed by atoms with E-state index in [0.29, 0.717) is 19.0 Å². The largest absolute Gasteiger partial charge is 0.352 e. The predicted octanol–water partition coefficient (Wildman–Crippen LogP) is 2.01. The third kappa shape index (κ3) is 5.27. The number of hydrogen-bond acceptors (Lipinski definition) is 4. The number of hydrogen-bond donors (Lipinski definition) is 2. The van der Waals surface area contributed by atoms with Crippen molar-refractivity contribution in [1.82, 2.24) is 20.4 Å². The molecule has 0 aliphatic carbocycles. The summed E-state index contributed by atoms with van der Waals surface area (Å²) in [7, 11) is 0. The molecule has 1 atom stereocenters. The molecule has 1 aliphatic heterocycles. The Hall–Kier alpha value is -1.50. The van der Waals surface area contributed by atoms with Crippen molar-refractivity contribution >= 4 is 30.1 Å². The number of amides is 1. The van der Waals surface area contributed by atoms with Crippen LogP contribution < -0.4 is 10.6 Å². The van der Waals surface area contributed by atoms with E-state index in [-0.39, 0.29) is 18.3 Å². The fourth-order valence-corrected chi connectivity index (χ4v) is 3.37. The van der Waals surface area contributed by atoms with Crippen molar-refractivity contribution in [2.24, 2.45) is 0 Å². The second-order valence-electron chi connectivity index (χ2n) is 5.34. The summed E-state index contributed by atoms with van der Waals surface area (Å²) in [4.78, 5) is 12.0. The van der Waals surface area contributed by atoms with Crippen LogP contribution in [0.3, 0.4) is 0 Å². The third-order valence-corrected chi connectivity index (χ3v) is 4.71. The first-order valence-corrected chi connectivity index (χ1v) is 8.63. The lowest BCUT2D eigenvalue weighted by Crippen LogP contribution is -2.41. The highest BCUT2D eigenvalue weighted by molar-refractivity contribution is 7.99. The Morgan fingerprint density at radius 1 is 1.39 bits per heavy atom. The molecule has 1 aromatic heterocycles. The fourth-order valence-electron chi connectivity index (χ4n) is 2.42. The summed E-state index contributed by atoms with van der Waals surface area (Å²) in [6, 6.07) is 10.2. The van der Waals surface area contributed by atoms with Crippen LogP contribution in [0.5, 0.6) is 0 Å². The number of nitrogens with zero attached hydrogens (tertiary/aromatic N) is 2. The van der Waals surface area contributed by atoms with Gasteiger partial charge in [-0.15, -0.1) is 12.4 Å². The molecule has 1 aliphatic rings. The minimum Gasteiger partial charge on any atom is -0.352 e. The predicted molar refractivity (Wildman–Crippen MR) is 96.4 cm³/mol. The van der Waals surface area contributed by atoms with E-state index >= 15 is 0 Å². The lowest BCUT2D eigenvalue weighted by molar-refractivity contribution is -0.121. The zero-order valence-electron chi connectivity index (χ0n) is 12.8. The quantitative estimate of drug-likeness (QED) is 0.864. The Kier molecular flexibility index (Phi) is 6.95. The Balaban J connectivity index is 0.00000192. The highest BCUT2D eigenvalue weighted by Crippen LogP contribution is 2.10. The van der Waals surface area contributed by atoms with Crippen LogP contribution in [0.15, 0.2) is 42.7 Å². The summed E-state index contributed by atoms with van der Waals surface area (Å²) in [5.41, 5.74) is 2.02. The van der Waals surface area contributed by atoms with E-state index in [0.717, 1.165) is 29.3 Å². The van der Waals surface area contributed by atoms with E-state index in [1.165, 1.54) is 0 Å². The topological polar surface area (TPSA) is 59.0 Å². The van der Waals surface area contributed by atoms with Crippen LogP contribution in [0.2, 0.25) is 0 Å². The van der Waals surface area contributed by atoms with Gasteiger partial charge in [-0.2, -0.15) is 16.9 Å².